The van der Waals surface area contributed by atoms with E-state index < -0.39 is 0 Å². The second-order valence-corrected chi connectivity index (χ2v) is 3.72. The molecule has 2 nitrogen and oxygen atoms in total. The van der Waals surface area contributed by atoms with Crippen LogP contribution in [0.2, 0.25) is 0 Å². The van der Waals surface area contributed by atoms with E-state index in [9.17, 15) is 0 Å². The summed E-state index contributed by atoms with van der Waals surface area (Å²) in [4.78, 5) is 0. The van der Waals surface area contributed by atoms with Crippen LogP contribution in [-0.2, 0) is 0 Å². The molecular weight excluding hydrogens is 183 g/mol. The largest absolute Gasteiger partial charge is 1.00 e. The van der Waals surface area contributed by atoms with Crippen LogP contribution in [0.3, 0.4) is 0 Å². The van der Waals surface area contributed by atoms with E-state index in [4.69, 9.17) is 5.73 Å². The summed E-state index contributed by atoms with van der Waals surface area (Å²) in [7, 11) is 4.54. The van der Waals surface area contributed by atoms with Crippen LogP contribution in [0.5, 0.6) is 0 Å². The molecule has 0 aromatic rings. The van der Waals surface area contributed by atoms with Crippen molar-refractivity contribution >= 4 is 12.4 Å². The molecule has 0 atom stereocenters. The molecule has 2 N–H and O–H groups in total. The monoisotopic (exact) mass is 200 g/mol. The third kappa shape index (κ3) is 4.86. The molecule has 4 heteroatoms. The van der Waals surface area contributed by atoms with Crippen LogP contribution in [0, 0.1) is 0 Å². The maximum absolute atomic E-state index is 5.75. The van der Waals surface area contributed by atoms with Crippen LogP contribution >= 0.6 is 12.4 Å². The van der Waals surface area contributed by atoms with E-state index in [1.165, 1.54) is 25.9 Å². The van der Waals surface area contributed by atoms with Gasteiger partial charge in [-0.1, -0.05) is 0 Å². The van der Waals surface area contributed by atoms with Crippen molar-refractivity contribution in [3.8, 4) is 0 Å². The highest BCUT2D eigenvalue weighted by Gasteiger charge is 2.23. The zero-order valence-electron chi connectivity index (χ0n) is 7.22. The van der Waals surface area contributed by atoms with Gasteiger partial charge in [-0.3, -0.25) is 0 Å². The number of likely N-dealkylation sites (tertiary alicyclic amines) is 1. The third-order valence-corrected chi connectivity index (χ3v) is 2.21. The molecule has 1 heterocycles. The maximum Gasteiger partial charge on any atom is 0.0797 e. The summed E-state index contributed by atoms with van der Waals surface area (Å²) < 4.78 is 1.16. The zero-order chi connectivity index (χ0) is 6.91. The van der Waals surface area contributed by atoms with Gasteiger partial charge in [-0.25, -0.2) is 0 Å². The van der Waals surface area contributed by atoms with Gasteiger partial charge < -0.3 is 22.6 Å². The molecule has 11 heavy (non-hydrogen) atoms. The zero-order valence-corrected chi connectivity index (χ0v) is 8.79. The van der Waals surface area contributed by atoms with Gasteiger partial charge in [0, 0.05) is 18.9 Å². The molecule has 0 bridgehead atoms. The van der Waals surface area contributed by atoms with Gasteiger partial charge >= 0.3 is 0 Å². The van der Waals surface area contributed by atoms with E-state index in [1.54, 1.807) is 0 Å². The first-order chi connectivity index (χ1) is 4.10. The fourth-order valence-corrected chi connectivity index (χ4v) is 1.29. The van der Waals surface area contributed by atoms with E-state index in [1.807, 2.05) is 0 Å². The van der Waals surface area contributed by atoms with E-state index in [2.05, 4.69) is 14.1 Å². The predicted octanol–water partition coefficient (Wildman–Crippen LogP) is -2.39. The number of nitrogens with two attached hydrogens (primary N) is 1. The van der Waals surface area contributed by atoms with Crippen molar-refractivity contribution in [2.75, 3.05) is 27.2 Å². The van der Waals surface area contributed by atoms with Crippen molar-refractivity contribution < 1.29 is 16.9 Å². The first kappa shape index (κ1) is 14.0. The molecule has 1 rings (SSSR count). The van der Waals surface area contributed by atoms with Crippen molar-refractivity contribution in [3.63, 3.8) is 0 Å². The van der Waals surface area contributed by atoms with Crippen LogP contribution in [0.15, 0.2) is 0 Å². The lowest BCUT2D eigenvalue weighted by atomic mass is 10.1. The minimum atomic E-state index is 0. The molecule has 1 aliphatic rings. The first-order valence-corrected chi connectivity index (χ1v) is 3.68. The van der Waals surface area contributed by atoms with Gasteiger partial charge in [0.15, 0.2) is 0 Å². The second kappa shape index (κ2) is 5.20. The van der Waals surface area contributed by atoms with Crippen LogP contribution in [0.4, 0.5) is 0 Å². The topological polar surface area (TPSA) is 26.0 Å². The Morgan fingerprint density at radius 2 is 1.55 bits per heavy atom. The number of piperidine rings is 1. The molecule has 0 saturated carbocycles. The molecule has 1 aliphatic heterocycles. The van der Waals surface area contributed by atoms with Crippen molar-refractivity contribution in [2.24, 2.45) is 5.73 Å². The Balaban J connectivity index is 0. The Kier molecular flexibility index (Phi) is 6.64. The van der Waals surface area contributed by atoms with Gasteiger partial charge in [0.05, 0.1) is 27.2 Å². The molecule has 0 amide bonds. The molecule has 0 radical (unpaired) electrons. The number of nitrogens with zero attached hydrogens (tertiary/aromatic N) is 1. The fraction of sp³-hybridized carbons (Fsp3) is 1.00. The molecule has 70 valence electrons. The molecule has 0 spiro atoms. The summed E-state index contributed by atoms with van der Waals surface area (Å²) in [6.45, 7) is 2.50. The van der Waals surface area contributed by atoms with Crippen LogP contribution < -0.4 is 18.1 Å². The van der Waals surface area contributed by atoms with Crippen molar-refractivity contribution in [3.05, 3.63) is 0 Å². The van der Waals surface area contributed by atoms with Crippen molar-refractivity contribution in [1.82, 2.24) is 0 Å². The highest BCUT2D eigenvalue weighted by atomic mass is 35.5. The Bertz CT molecular complexity index is 96.6. The molecular formula is C7H18Cl2N2. The van der Waals surface area contributed by atoms with Gasteiger partial charge in [0.25, 0.3) is 0 Å². The number of quaternary nitrogens is 1. The molecule has 0 aliphatic carbocycles. The summed E-state index contributed by atoms with van der Waals surface area (Å²) >= 11 is 0. The minimum absolute atomic E-state index is 0. The normalized spacial score (nSPS) is 23.2. The maximum atomic E-state index is 5.75. The van der Waals surface area contributed by atoms with Gasteiger partial charge in [-0.15, -0.1) is 12.4 Å². The Morgan fingerprint density at radius 1 is 1.18 bits per heavy atom. The highest BCUT2D eigenvalue weighted by Crippen LogP contribution is 2.11. The van der Waals surface area contributed by atoms with E-state index in [-0.39, 0.29) is 24.8 Å². The summed E-state index contributed by atoms with van der Waals surface area (Å²) in [5.74, 6) is 0. The summed E-state index contributed by atoms with van der Waals surface area (Å²) in [5.41, 5.74) is 5.75. The van der Waals surface area contributed by atoms with Crippen molar-refractivity contribution in [1.29, 1.82) is 0 Å². The second-order valence-electron chi connectivity index (χ2n) is 3.72. The van der Waals surface area contributed by atoms with Crippen LogP contribution in [0.25, 0.3) is 0 Å². The summed E-state index contributed by atoms with van der Waals surface area (Å²) in [6, 6.07) is 0.483. The average molecular weight is 201 g/mol. The van der Waals surface area contributed by atoms with E-state index >= 15 is 0 Å². The quantitative estimate of drug-likeness (QED) is 0.435. The van der Waals surface area contributed by atoms with Crippen LogP contribution in [-0.4, -0.2) is 37.7 Å². The molecule has 1 fully saturated rings. The highest BCUT2D eigenvalue weighted by molar-refractivity contribution is 5.85. The molecule has 1 saturated heterocycles. The molecule has 0 aromatic carbocycles. The standard InChI is InChI=1S/C7H17N2.2ClH/c1-9(2)5-3-7(8)4-6-9;;/h7H,3-6,8H2,1-2H3;2*1H/q+1;;/p-1. The summed E-state index contributed by atoms with van der Waals surface area (Å²) in [5, 5.41) is 0. The van der Waals surface area contributed by atoms with Crippen molar-refractivity contribution in [2.45, 2.75) is 18.9 Å². The van der Waals surface area contributed by atoms with Gasteiger partial charge in [-0.2, -0.15) is 0 Å². The number of rotatable bonds is 0. The number of hydrogen-bond donors (Lipinski definition) is 1. The molecule has 0 unspecified atom stereocenters. The minimum Gasteiger partial charge on any atom is -1.00 e. The lowest BCUT2D eigenvalue weighted by Crippen LogP contribution is -3.00. The van der Waals surface area contributed by atoms with E-state index in [0.717, 1.165) is 4.48 Å². The Morgan fingerprint density at radius 3 is 1.82 bits per heavy atom. The van der Waals surface area contributed by atoms with E-state index in [0.29, 0.717) is 6.04 Å². The lowest BCUT2D eigenvalue weighted by Gasteiger charge is -2.35. The lowest BCUT2D eigenvalue weighted by molar-refractivity contribution is -0.895. The Hall–Kier alpha value is 0.500. The van der Waals surface area contributed by atoms with Crippen LogP contribution in [0.1, 0.15) is 12.8 Å². The Labute approximate surface area is 81.5 Å². The number of halogens is 2. The smallest absolute Gasteiger partial charge is 0.0797 e. The first-order valence-electron chi connectivity index (χ1n) is 3.68. The average Bonchev–Trinajstić information content (AvgIpc) is 1.78. The van der Waals surface area contributed by atoms with Gasteiger partial charge in [0.1, 0.15) is 0 Å². The van der Waals surface area contributed by atoms with Gasteiger partial charge in [-0.05, 0) is 0 Å². The number of hydrogen-bond acceptors (Lipinski definition) is 1. The summed E-state index contributed by atoms with van der Waals surface area (Å²) in [6.07, 6.45) is 2.40. The third-order valence-electron chi connectivity index (χ3n) is 2.21. The SMILES string of the molecule is C[N+]1(C)CCC(N)CC1.Cl.[Cl-]. The fourth-order valence-electron chi connectivity index (χ4n) is 1.29. The van der Waals surface area contributed by atoms with Gasteiger partial charge in [0.2, 0.25) is 0 Å². The molecule has 0 aromatic heterocycles. The predicted molar refractivity (Wildman–Crippen MR) is 46.3 cm³/mol.